The standard InChI is InChI=1S/C19H22N4OS.ClH/c1-13-16-11-17(18(24)22-9-7-15(20)8-10-22)25-19(16)23(21-13)12-14-5-3-2-4-6-14;/h2-6,11,15H,7-10,12,20H2,1H3;1H. The number of carbonyl (C=O) groups is 1. The Hall–Kier alpha value is -1.89. The SMILES string of the molecule is Cc1nn(Cc2ccccc2)c2sc(C(=O)N3CCC(N)CC3)cc12.Cl. The van der Waals surface area contributed by atoms with Gasteiger partial charge in [0.15, 0.2) is 0 Å². The highest BCUT2D eigenvalue weighted by Gasteiger charge is 2.24. The van der Waals surface area contributed by atoms with E-state index in [1.807, 2.05) is 40.8 Å². The smallest absolute Gasteiger partial charge is 0.264 e. The molecule has 3 aromatic rings. The van der Waals surface area contributed by atoms with Gasteiger partial charge in [-0.05, 0) is 31.4 Å². The quantitative estimate of drug-likeness (QED) is 0.745. The molecule has 1 fully saturated rings. The molecular weight excluding hydrogens is 368 g/mol. The highest BCUT2D eigenvalue weighted by Crippen LogP contribution is 2.30. The van der Waals surface area contributed by atoms with Gasteiger partial charge in [0.1, 0.15) is 4.83 Å². The number of nitrogens with two attached hydrogens (primary N) is 1. The molecule has 7 heteroatoms. The number of carbonyl (C=O) groups excluding carboxylic acids is 1. The van der Waals surface area contributed by atoms with Gasteiger partial charge in [-0.15, -0.1) is 23.7 Å². The van der Waals surface area contributed by atoms with Gasteiger partial charge in [0.05, 0.1) is 17.1 Å². The first-order chi connectivity index (χ1) is 12.1. The first-order valence-electron chi connectivity index (χ1n) is 8.67. The molecule has 2 aromatic heterocycles. The van der Waals surface area contributed by atoms with E-state index in [0.717, 1.165) is 53.3 Å². The van der Waals surface area contributed by atoms with E-state index in [1.165, 1.54) is 5.56 Å². The third-order valence-electron chi connectivity index (χ3n) is 4.82. The summed E-state index contributed by atoms with van der Waals surface area (Å²) in [6.07, 6.45) is 1.77. The number of piperidine rings is 1. The molecule has 2 N–H and O–H groups in total. The molecule has 0 bridgehead atoms. The van der Waals surface area contributed by atoms with Crippen LogP contribution >= 0.6 is 23.7 Å². The fraction of sp³-hybridized carbons (Fsp3) is 0.368. The highest BCUT2D eigenvalue weighted by molar-refractivity contribution is 7.20. The molecule has 0 spiro atoms. The van der Waals surface area contributed by atoms with Gasteiger partial charge < -0.3 is 10.6 Å². The first kappa shape index (κ1) is 18.9. The Morgan fingerprint density at radius 1 is 1.27 bits per heavy atom. The van der Waals surface area contributed by atoms with Gasteiger partial charge in [0, 0.05) is 24.5 Å². The molecule has 1 aromatic carbocycles. The second kappa shape index (κ2) is 7.78. The first-order valence-corrected chi connectivity index (χ1v) is 9.49. The predicted octanol–water partition coefficient (Wildman–Crippen LogP) is 3.44. The van der Waals surface area contributed by atoms with Crippen LogP contribution in [0.2, 0.25) is 0 Å². The maximum Gasteiger partial charge on any atom is 0.264 e. The van der Waals surface area contributed by atoms with Crippen molar-refractivity contribution in [3.8, 4) is 0 Å². The van der Waals surface area contributed by atoms with Gasteiger partial charge in [-0.1, -0.05) is 30.3 Å². The molecule has 0 atom stereocenters. The normalized spacial score (nSPS) is 15.2. The molecule has 0 unspecified atom stereocenters. The topological polar surface area (TPSA) is 64.2 Å². The maximum atomic E-state index is 12.8. The number of aryl methyl sites for hydroxylation is 1. The summed E-state index contributed by atoms with van der Waals surface area (Å²) >= 11 is 1.54. The Morgan fingerprint density at radius 2 is 1.96 bits per heavy atom. The number of benzene rings is 1. The number of halogens is 1. The molecule has 1 aliphatic rings. The summed E-state index contributed by atoms with van der Waals surface area (Å²) in [5, 5.41) is 5.74. The maximum absolute atomic E-state index is 12.8. The van der Waals surface area contributed by atoms with Crippen LogP contribution in [0.1, 0.15) is 33.8 Å². The summed E-state index contributed by atoms with van der Waals surface area (Å²) in [6, 6.07) is 12.5. The minimum Gasteiger partial charge on any atom is -0.338 e. The van der Waals surface area contributed by atoms with E-state index in [9.17, 15) is 4.79 Å². The Morgan fingerprint density at radius 3 is 2.65 bits per heavy atom. The third kappa shape index (κ3) is 3.63. The van der Waals surface area contributed by atoms with Crippen molar-refractivity contribution in [2.45, 2.75) is 32.4 Å². The van der Waals surface area contributed by atoms with Crippen LogP contribution in [0.15, 0.2) is 36.4 Å². The van der Waals surface area contributed by atoms with E-state index in [-0.39, 0.29) is 24.4 Å². The van der Waals surface area contributed by atoms with Gasteiger partial charge in [0.25, 0.3) is 5.91 Å². The molecule has 0 aliphatic carbocycles. The summed E-state index contributed by atoms with van der Waals surface area (Å²) in [4.78, 5) is 16.6. The number of amides is 1. The van der Waals surface area contributed by atoms with Crippen molar-refractivity contribution in [2.75, 3.05) is 13.1 Å². The monoisotopic (exact) mass is 390 g/mol. The molecule has 4 rings (SSSR count). The lowest BCUT2D eigenvalue weighted by molar-refractivity contribution is 0.0720. The average molecular weight is 391 g/mol. The van der Waals surface area contributed by atoms with Crippen molar-refractivity contribution >= 4 is 39.9 Å². The van der Waals surface area contributed by atoms with E-state index in [4.69, 9.17) is 5.73 Å². The molecule has 0 saturated carbocycles. The number of rotatable bonds is 3. The van der Waals surface area contributed by atoms with E-state index in [1.54, 1.807) is 11.3 Å². The summed E-state index contributed by atoms with van der Waals surface area (Å²) < 4.78 is 2.01. The predicted molar refractivity (Wildman–Crippen MR) is 108 cm³/mol. The van der Waals surface area contributed by atoms with E-state index >= 15 is 0 Å². The molecule has 1 amide bonds. The van der Waals surface area contributed by atoms with Crippen molar-refractivity contribution in [1.29, 1.82) is 0 Å². The Kier molecular flexibility index (Phi) is 5.65. The fourth-order valence-electron chi connectivity index (χ4n) is 3.34. The molecule has 138 valence electrons. The third-order valence-corrected chi connectivity index (χ3v) is 5.96. The van der Waals surface area contributed by atoms with Crippen molar-refractivity contribution < 1.29 is 4.79 Å². The average Bonchev–Trinajstić information content (AvgIpc) is 3.18. The minimum absolute atomic E-state index is 0. The number of fused-ring (bicyclic) bond motifs is 1. The zero-order valence-corrected chi connectivity index (χ0v) is 16.4. The van der Waals surface area contributed by atoms with E-state index < -0.39 is 0 Å². The number of hydrogen-bond acceptors (Lipinski definition) is 4. The zero-order chi connectivity index (χ0) is 17.4. The zero-order valence-electron chi connectivity index (χ0n) is 14.7. The van der Waals surface area contributed by atoms with Crippen LogP contribution in [0.3, 0.4) is 0 Å². The lowest BCUT2D eigenvalue weighted by Gasteiger charge is -2.29. The van der Waals surface area contributed by atoms with Crippen LogP contribution in [-0.2, 0) is 6.54 Å². The van der Waals surface area contributed by atoms with Crippen molar-refractivity contribution in [2.24, 2.45) is 5.73 Å². The second-order valence-corrected chi connectivity index (χ2v) is 7.72. The Labute approximate surface area is 163 Å². The van der Waals surface area contributed by atoms with E-state index in [0.29, 0.717) is 0 Å². The van der Waals surface area contributed by atoms with Gasteiger partial charge in [-0.2, -0.15) is 5.10 Å². The van der Waals surface area contributed by atoms with Crippen LogP contribution in [-0.4, -0.2) is 39.7 Å². The molecular formula is C19H23ClN4OS. The molecule has 0 radical (unpaired) electrons. The number of aromatic nitrogens is 2. The number of hydrogen-bond donors (Lipinski definition) is 1. The van der Waals surface area contributed by atoms with Crippen LogP contribution < -0.4 is 5.73 Å². The Balaban J connectivity index is 0.00000196. The van der Waals surface area contributed by atoms with Gasteiger partial charge in [-0.25, -0.2) is 0 Å². The van der Waals surface area contributed by atoms with Crippen LogP contribution in [0.25, 0.3) is 10.2 Å². The van der Waals surface area contributed by atoms with Crippen molar-refractivity contribution in [3.63, 3.8) is 0 Å². The van der Waals surface area contributed by atoms with Crippen molar-refractivity contribution in [3.05, 3.63) is 52.5 Å². The number of likely N-dealkylation sites (tertiary alicyclic amines) is 1. The second-order valence-electron chi connectivity index (χ2n) is 6.69. The molecule has 26 heavy (non-hydrogen) atoms. The number of thiophene rings is 1. The van der Waals surface area contributed by atoms with Crippen LogP contribution in [0.4, 0.5) is 0 Å². The van der Waals surface area contributed by atoms with E-state index in [2.05, 4.69) is 17.2 Å². The fourth-order valence-corrected chi connectivity index (χ4v) is 4.47. The van der Waals surface area contributed by atoms with Crippen LogP contribution in [0.5, 0.6) is 0 Å². The van der Waals surface area contributed by atoms with Crippen molar-refractivity contribution in [1.82, 2.24) is 14.7 Å². The summed E-state index contributed by atoms with van der Waals surface area (Å²) in [5.74, 6) is 0.124. The Bertz CT molecular complexity index is 897. The minimum atomic E-state index is 0. The largest absolute Gasteiger partial charge is 0.338 e. The lowest BCUT2D eigenvalue weighted by atomic mass is 10.1. The summed E-state index contributed by atoms with van der Waals surface area (Å²) in [6.45, 7) is 4.23. The van der Waals surface area contributed by atoms with Gasteiger partial charge >= 0.3 is 0 Å². The molecule has 3 heterocycles. The van der Waals surface area contributed by atoms with Crippen LogP contribution in [0, 0.1) is 6.92 Å². The van der Waals surface area contributed by atoms with Gasteiger partial charge in [-0.3, -0.25) is 9.48 Å². The highest BCUT2D eigenvalue weighted by atomic mass is 35.5. The molecule has 1 saturated heterocycles. The summed E-state index contributed by atoms with van der Waals surface area (Å²) in [7, 11) is 0. The lowest BCUT2D eigenvalue weighted by Crippen LogP contribution is -2.42. The molecule has 1 aliphatic heterocycles. The molecule has 5 nitrogen and oxygen atoms in total. The van der Waals surface area contributed by atoms with Gasteiger partial charge in [0.2, 0.25) is 0 Å². The number of nitrogens with zero attached hydrogens (tertiary/aromatic N) is 3. The summed E-state index contributed by atoms with van der Waals surface area (Å²) in [5.41, 5.74) is 8.13.